The summed E-state index contributed by atoms with van der Waals surface area (Å²) < 4.78 is 26.2. The lowest BCUT2D eigenvalue weighted by Gasteiger charge is -2.18. The topological polar surface area (TPSA) is 119 Å². The summed E-state index contributed by atoms with van der Waals surface area (Å²) in [4.78, 5) is 42.5. The second kappa shape index (κ2) is 30.6. The number of phosphoric acid groups is 1. The third-order valence-corrected chi connectivity index (χ3v) is 7.68. The molecule has 252 valence electrons. The maximum Gasteiger partial charge on any atom is 0.469 e. The van der Waals surface area contributed by atoms with Gasteiger partial charge in [0.2, 0.25) is 0 Å². The fourth-order valence-electron chi connectivity index (χ4n) is 4.58. The van der Waals surface area contributed by atoms with E-state index in [2.05, 4.69) is 42.7 Å². The van der Waals surface area contributed by atoms with Crippen LogP contribution in [0.2, 0.25) is 0 Å². The van der Waals surface area contributed by atoms with Crippen LogP contribution in [0.4, 0.5) is 0 Å². The van der Waals surface area contributed by atoms with E-state index in [1.165, 1.54) is 51.4 Å². The quantitative estimate of drug-likeness (QED) is 0.0336. The van der Waals surface area contributed by atoms with Crippen molar-refractivity contribution < 1.29 is 37.9 Å². The molecule has 0 aromatic heterocycles. The van der Waals surface area contributed by atoms with E-state index in [1.54, 1.807) is 0 Å². The van der Waals surface area contributed by atoms with Crippen LogP contribution in [0.3, 0.4) is 0 Å². The zero-order chi connectivity index (χ0) is 31.9. The van der Waals surface area contributed by atoms with E-state index in [4.69, 9.17) is 19.3 Å². The van der Waals surface area contributed by atoms with Gasteiger partial charge >= 0.3 is 19.8 Å². The number of esters is 2. The Balaban J connectivity index is 4.03. The van der Waals surface area contributed by atoms with Crippen molar-refractivity contribution in [3.63, 3.8) is 0 Å². The average molecular weight is 631 g/mol. The van der Waals surface area contributed by atoms with Gasteiger partial charge in [-0.1, -0.05) is 115 Å². The van der Waals surface area contributed by atoms with Crippen molar-refractivity contribution in [2.75, 3.05) is 13.2 Å². The Morgan fingerprint density at radius 3 is 1.49 bits per heavy atom. The van der Waals surface area contributed by atoms with Gasteiger partial charge in [0.25, 0.3) is 0 Å². The van der Waals surface area contributed by atoms with Gasteiger partial charge in [-0.2, -0.15) is 0 Å². The lowest BCUT2D eigenvalue weighted by Crippen LogP contribution is -2.29. The average Bonchev–Trinajstić information content (AvgIpc) is 2.97. The zero-order valence-electron chi connectivity index (χ0n) is 27.4. The van der Waals surface area contributed by atoms with Crippen molar-refractivity contribution in [1.82, 2.24) is 0 Å². The van der Waals surface area contributed by atoms with Crippen LogP contribution in [0.1, 0.15) is 162 Å². The van der Waals surface area contributed by atoms with Gasteiger partial charge in [0.15, 0.2) is 6.10 Å². The molecule has 0 saturated heterocycles. The number of phosphoric ester groups is 1. The zero-order valence-corrected chi connectivity index (χ0v) is 28.2. The minimum absolute atomic E-state index is 0.201. The number of hydrogen-bond donors (Lipinski definition) is 2. The maximum absolute atomic E-state index is 12.3. The SMILES string of the molecule is CCCC/C=C\CCCCCCCC(=O)OC[C@H](COP(=O)(O)O)OC(=O)CCCCCCC/C=C\CCCCCCC. The van der Waals surface area contributed by atoms with Gasteiger partial charge in [0.1, 0.15) is 6.61 Å². The molecule has 0 spiro atoms. The second-order valence-electron chi connectivity index (χ2n) is 11.5. The van der Waals surface area contributed by atoms with Crippen molar-refractivity contribution in [2.24, 2.45) is 0 Å². The van der Waals surface area contributed by atoms with Crippen LogP contribution in [-0.4, -0.2) is 41.0 Å². The molecule has 43 heavy (non-hydrogen) atoms. The molecule has 0 rings (SSSR count). The summed E-state index contributed by atoms with van der Waals surface area (Å²) in [5.41, 5.74) is 0. The van der Waals surface area contributed by atoms with Gasteiger partial charge in [0, 0.05) is 12.8 Å². The first kappa shape index (κ1) is 41.5. The first-order valence-corrected chi connectivity index (χ1v) is 18.7. The Hall–Kier alpha value is -1.47. The molecule has 8 nitrogen and oxygen atoms in total. The summed E-state index contributed by atoms with van der Waals surface area (Å²) in [5, 5.41) is 0. The van der Waals surface area contributed by atoms with E-state index < -0.39 is 32.5 Å². The summed E-state index contributed by atoms with van der Waals surface area (Å²) in [5.74, 6) is -0.907. The lowest BCUT2D eigenvalue weighted by molar-refractivity contribution is -0.161. The van der Waals surface area contributed by atoms with E-state index in [1.807, 2.05) is 0 Å². The van der Waals surface area contributed by atoms with Crippen LogP contribution in [0.5, 0.6) is 0 Å². The molecule has 0 saturated carbocycles. The molecule has 0 aliphatic rings. The van der Waals surface area contributed by atoms with E-state index in [9.17, 15) is 14.2 Å². The molecule has 0 amide bonds. The Bertz CT molecular complexity index is 761. The van der Waals surface area contributed by atoms with Crippen molar-refractivity contribution >= 4 is 19.8 Å². The Morgan fingerprint density at radius 1 is 0.581 bits per heavy atom. The molecule has 2 N–H and O–H groups in total. The fourth-order valence-corrected chi connectivity index (χ4v) is 4.94. The number of carbonyl (C=O) groups is 2. The highest BCUT2D eigenvalue weighted by Gasteiger charge is 2.22. The molecular weight excluding hydrogens is 567 g/mol. The monoisotopic (exact) mass is 630 g/mol. The maximum atomic E-state index is 12.3. The molecule has 0 bridgehead atoms. The second-order valence-corrected chi connectivity index (χ2v) is 12.7. The Labute approximate surface area is 262 Å². The summed E-state index contributed by atoms with van der Waals surface area (Å²) in [6, 6.07) is 0. The van der Waals surface area contributed by atoms with Crippen LogP contribution in [0.25, 0.3) is 0 Å². The fraction of sp³-hybridized carbons (Fsp3) is 0.824. The predicted octanol–water partition coefficient (Wildman–Crippen LogP) is 9.68. The van der Waals surface area contributed by atoms with Crippen LogP contribution in [0, 0.1) is 0 Å². The molecule has 0 radical (unpaired) electrons. The van der Waals surface area contributed by atoms with E-state index in [0.717, 1.165) is 70.6 Å². The minimum atomic E-state index is -4.74. The van der Waals surface area contributed by atoms with E-state index in [-0.39, 0.29) is 19.4 Å². The van der Waals surface area contributed by atoms with Crippen LogP contribution in [-0.2, 0) is 28.2 Å². The summed E-state index contributed by atoms with van der Waals surface area (Å²) in [7, 11) is -4.74. The van der Waals surface area contributed by atoms with Gasteiger partial charge in [-0.3, -0.25) is 14.1 Å². The van der Waals surface area contributed by atoms with E-state index in [0.29, 0.717) is 12.8 Å². The molecule has 0 unspecified atom stereocenters. The summed E-state index contributed by atoms with van der Waals surface area (Å²) in [6.45, 7) is 3.60. The number of rotatable bonds is 31. The molecule has 0 aliphatic heterocycles. The van der Waals surface area contributed by atoms with Crippen molar-refractivity contribution in [1.29, 1.82) is 0 Å². The number of allylic oxidation sites excluding steroid dienone is 4. The van der Waals surface area contributed by atoms with Gasteiger partial charge < -0.3 is 19.3 Å². The summed E-state index contributed by atoms with van der Waals surface area (Å²) in [6.07, 6.45) is 31.9. The highest BCUT2D eigenvalue weighted by atomic mass is 31.2. The molecule has 0 aromatic carbocycles. The predicted molar refractivity (Wildman–Crippen MR) is 175 cm³/mol. The molecule has 9 heteroatoms. The first-order chi connectivity index (χ1) is 20.8. The van der Waals surface area contributed by atoms with Gasteiger partial charge in [0.05, 0.1) is 6.61 Å². The molecule has 0 fully saturated rings. The van der Waals surface area contributed by atoms with Gasteiger partial charge in [-0.15, -0.1) is 0 Å². The normalized spacial score (nSPS) is 12.7. The van der Waals surface area contributed by atoms with Gasteiger partial charge in [-0.25, -0.2) is 4.57 Å². The van der Waals surface area contributed by atoms with E-state index >= 15 is 0 Å². The number of carbonyl (C=O) groups excluding carboxylic acids is 2. The van der Waals surface area contributed by atoms with Gasteiger partial charge in [-0.05, 0) is 57.8 Å². The van der Waals surface area contributed by atoms with Crippen molar-refractivity contribution in [2.45, 2.75) is 168 Å². The number of unbranched alkanes of at least 4 members (excludes halogenated alkanes) is 17. The number of hydrogen-bond acceptors (Lipinski definition) is 6. The van der Waals surface area contributed by atoms with Crippen LogP contribution in [0.15, 0.2) is 24.3 Å². The lowest BCUT2D eigenvalue weighted by atomic mass is 10.1. The van der Waals surface area contributed by atoms with Crippen molar-refractivity contribution in [3.8, 4) is 0 Å². The van der Waals surface area contributed by atoms with Crippen LogP contribution < -0.4 is 0 Å². The standard InChI is InChI=1S/C34H63O8P/c1-3-5-7-9-11-13-15-16-17-19-21-23-25-27-29-34(36)42-32(31-41-43(37,38)39)30-40-33(35)28-26-24-22-20-18-14-12-10-8-6-4-2/h10,12,15-16,32H,3-9,11,13-14,17-31H2,1-2H3,(H2,37,38,39)/b12-10-,16-15-/t32-/m1/s1. The molecule has 0 heterocycles. The third kappa shape index (κ3) is 33.3. The number of ether oxygens (including phenoxy) is 2. The summed E-state index contributed by atoms with van der Waals surface area (Å²) >= 11 is 0. The highest BCUT2D eigenvalue weighted by Crippen LogP contribution is 2.35. The highest BCUT2D eigenvalue weighted by molar-refractivity contribution is 7.46. The molecule has 0 aliphatic carbocycles. The largest absolute Gasteiger partial charge is 0.469 e. The molecular formula is C34H63O8P. The molecule has 1 atom stereocenters. The Kier molecular flexibility index (Phi) is 29.5. The smallest absolute Gasteiger partial charge is 0.462 e. The Morgan fingerprint density at radius 2 is 1.00 bits per heavy atom. The van der Waals surface area contributed by atoms with Crippen LogP contribution >= 0.6 is 7.82 Å². The minimum Gasteiger partial charge on any atom is -0.462 e. The molecule has 0 aromatic rings. The van der Waals surface area contributed by atoms with Crippen molar-refractivity contribution in [3.05, 3.63) is 24.3 Å². The third-order valence-electron chi connectivity index (χ3n) is 7.19. The first-order valence-electron chi connectivity index (χ1n) is 17.1.